The summed E-state index contributed by atoms with van der Waals surface area (Å²) in [4.78, 5) is 8.56. The molecule has 1 N–H and O–H groups in total. The van der Waals surface area contributed by atoms with Crippen molar-refractivity contribution in [3.63, 3.8) is 0 Å². The van der Waals surface area contributed by atoms with Crippen molar-refractivity contribution in [1.29, 1.82) is 0 Å². The van der Waals surface area contributed by atoms with Gasteiger partial charge >= 0.3 is 0 Å². The predicted molar refractivity (Wildman–Crippen MR) is 124 cm³/mol. The molecule has 0 amide bonds. The zero-order valence-electron chi connectivity index (χ0n) is 17.7. The molecule has 3 nitrogen and oxygen atoms in total. The maximum atomic E-state index is 4.87. The molecule has 2 aliphatic rings. The second-order valence-corrected chi connectivity index (χ2v) is 10.0. The first-order valence-electron chi connectivity index (χ1n) is 11.0. The van der Waals surface area contributed by atoms with Crippen LogP contribution < -0.4 is 0 Å². The fourth-order valence-electron chi connectivity index (χ4n) is 6.75. The first-order valence-corrected chi connectivity index (χ1v) is 11.0. The molecule has 30 heavy (non-hydrogen) atoms. The lowest BCUT2D eigenvalue weighted by atomic mass is 9.69. The highest BCUT2D eigenvalue weighted by molar-refractivity contribution is 6.20. The highest BCUT2D eigenvalue weighted by atomic mass is 15.1. The van der Waals surface area contributed by atoms with Gasteiger partial charge in [-0.3, -0.25) is 4.57 Å². The summed E-state index contributed by atoms with van der Waals surface area (Å²) in [5.74, 6) is 1.82. The van der Waals surface area contributed by atoms with Crippen LogP contribution in [0.2, 0.25) is 0 Å². The number of rotatable bonds is 1. The van der Waals surface area contributed by atoms with Crippen LogP contribution in [0.15, 0.2) is 60.9 Å². The van der Waals surface area contributed by atoms with E-state index in [1.807, 2.05) is 6.20 Å². The summed E-state index contributed by atoms with van der Waals surface area (Å²) >= 11 is 0. The summed E-state index contributed by atoms with van der Waals surface area (Å²) in [5.41, 5.74) is 5.86. The van der Waals surface area contributed by atoms with E-state index in [9.17, 15) is 0 Å². The molecule has 3 heterocycles. The van der Waals surface area contributed by atoms with Crippen LogP contribution in [-0.2, 0) is 5.41 Å². The van der Waals surface area contributed by atoms with Gasteiger partial charge in [0, 0.05) is 34.1 Å². The van der Waals surface area contributed by atoms with Gasteiger partial charge in [-0.25, -0.2) is 4.98 Å². The Balaban J connectivity index is 1.63. The van der Waals surface area contributed by atoms with Gasteiger partial charge in [0.2, 0.25) is 0 Å². The molecule has 0 radical (unpaired) electrons. The number of H-pyrrole nitrogens is 1. The van der Waals surface area contributed by atoms with Crippen LogP contribution >= 0.6 is 0 Å². The third kappa shape index (κ3) is 1.69. The Hall–Kier alpha value is -3.07. The lowest BCUT2D eigenvalue weighted by molar-refractivity contribution is 0.230. The Morgan fingerprint density at radius 3 is 2.73 bits per heavy atom. The topological polar surface area (TPSA) is 33.6 Å². The molecule has 2 aromatic carbocycles. The second kappa shape index (κ2) is 5.15. The van der Waals surface area contributed by atoms with E-state index in [1.165, 1.54) is 56.8 Å². The van der Waals surface area contributed by atoms with Gasteiger partial charge in [-0.05, 0) is 58.7 Å². The lowest BCUT2D eigenvalue weighted by Gasteiger charge is -2.35. The Kier molecular flexibility index (Phi) is 2.87. The number of nitrogens with one attached hydrogen (secondary N) is 1. The number of aromatic nitrogens is 3. The van der Waals surface area contributed by atoms with E-state index in [1.54, 1.807) is 0 Å². The van der Waals surface area contributed by atoms with Gasteiger partial charge in [0.05, 0.1) is 5.52 Å². The average Bonchev–Trinajstić information content (AvgIpc) is 3.43. The molecule has 0 saturated heterocycles. The van der Waals surface area contributed by atoms with Crippen molar-refractivity contribution in [2.75, 3.05) is 0 Å². The molecule has 5 aromatic rings. The van der Waals surface area contributed by atoms with Crippen molar-refractivity contribution >= 4 is 32.7 Å². The zero-order valence-corrected chi connectivity index (χ0v) is 17.7. The van der Waals surface area contributed by atoms with E-state index in [2.05, 4.69) is 85.1 Å². The molecule has 7 rings (SSSR count). The smallest absolute Gasteiger partial charge is 0.146 e. The maximum absolute atomic E-state index is 4.87. The van der Waals surface area contributed by atoms with Crippen LogP contribution in [0.5, 0.6) is 0 Å². The molecule has 0 spiro atoms. The molecular formula is C27H25N3. The minimum Gasteiger partial charge on any atom is -0.347 e. The van der Waals surface area contributed by atoms with Crippen molar-refractivity contribution in [2.45, 2.75) is 44.9 Å². The van der Waals surface area contributed by atoms with E-state index in [4.69, 9.17) is 4.98 Å². The molecule has 2 unspecified atom stereocenters. The van der Waals surface area contributed by atoms with Crippen LogP contribution in [0.3, 0.4) is 0 Å². The Bertz CT molecular complexity index is 1500. The fraction of sp³-hybridized carbons (Fsp3) is 0.296. The van der Waals surface area contributed by atoms with Crippen LogP contribution in [0.25, 0.3) is 38.5 Å². The minimum absolute atomic E-state index is 0.251. The highest BCUT2D eigenvalue weighted by Crippen LogP contribution is 2.68. The molecule has 1 saturated carbocycles. The van der Waals surface area contributed by atoms with Gasteiger partial charge in [-0.2, -0.15) is 0 Å². The summed E-state index contributed by atoms with van der Waals surface area (Å²) < 4.78 is 2.38. The number of aromatic amines is 1. The van der Waals surface area contributed by atoms with E-state index in [0.717, 1.165) is 5.65 Å². The van der Waals surface area contributed by atoms with Gasteiger partial charge in [-0.1, -0.05) is 51.1 Å². The Morgan fingerprint density at radius 2 is 1.83 bits per heavy atom. The number of nitrogens with zero attached hydrogens (tertiary/aromatic N) is 2. The predicted octanol–water partition coefficient (Wildman–Crippen LogP) is 6.83. The summed E-state index contributed by atoms with van der Waals surface area (Å²) in [6, 6.07) is 17.5. The van der Waals surface area contributed by atoms with E-state index < -0.39 is 0 Å². The van der Waals surface area contributed by atoms with Gasteiger partial charge in [0.15, 0.2) is 0 Å². The van der Waals surface area contributed by atoms with E-state index >= 15 is 0 Å². The molecular weight excluding hydrogens is 366 g/mol. The second-order valence-electron chi connectivity index (χ2n) is 10.0. The molecule has 2 aliphatic carbocycles. The monoisotopic (exact) mass is 391 g/mol. The van der Waals surface area contributed by atoms with Crippen molar-refractivity contribution in [3.05, 3.63) is 72.1 Å². The van der Waals surface area contributed by atoms with Crippen molar-refractivity contribution in [1.82, 2.24) is 14.5 Å². The van der Waals surface area contributed by atoms with E-state index in [-0.39, 0.29) is 5.41 Å². The summed E-state index contributed by atoms with van der Waals surface area (Å²) in [5, 5.41) is 5.09. The number of hydrogen-bond donors (Lipinski definition) is 1. The fourth-order valence-corrected chi connectivity index (χ4v) is 6.75. The third-order valence-electron chi connectivity index (χ3n) is 8.71. The average molecular weight is 392 g/mol. The van der Waals surface area contributed by atoms with Crippen LogP contribution in [0.4, 0.5) is 0 Å². The standard InChI is InChI=1S/C27H25N3/c1-26(2)19-12-13-27(26,3)20-15-29-25(23(19)20)30-21-11-10-16-7-4-5-8-17(16)22(21)18-9-6-14-28-24(18)30/h4-11,14-15,19,29H,12-13H2,1-3H3. The first kappa shape index (κ1) is 16.7. The molecule has 148 valence electrons. The van der Waals surface area contributed by atoms with Crippen molar-refractivity contribution < 1.29 is 0 Å². The summed E-state index contributed by atoms with van der Waals surface area (Å²) in [6.07, 6.45) is 6.76. The van der Waals surface area contributed by atoms with Crippen molar-refractivity contribution in [2.24, 2.45) is 5.41 Å². The molecule has 3 heteroatoms. The van der Waals surface area contributed by atoms with Crippen molar-refractivity contribution in [3.8, 4) is 5.82 Å². The van der Waals surface area contributed by atoms with Crippen LogP contribution in [0.1, 0.15) is 50.7 Å². The summed E-state index contributed by atoms with van der Waals surface area (Å²) in [7, 11) is 0. The molecule has 2 atom stereocenters. The van der Waals surface area contributed by atoms with E-state index in [0.29, 0.717) is 11.3 Å². The van der Waals surface area contributed by atoms with Gasteiger partial charge < -0.3 is 4.98 Å². The first-order chi connectivity index (χ1) is 14.5. The highest BCUT2D eigenvalue weighted by Gasteiger charge is 2.60. The number of fused-ring (bicyclic) bond motifs is 10. The number of pyridine rings is 1. The minimum atomic E-state index is 0.251. The molecule has 2 bridgehead atoms. The van der Waals surface area contributed by atoms with Gasteiger partial charge in [0.25, 0.3) is 0 Å². The lowest BCUT2D eigenvalue weighted by Crippen LogP contribution is -2.31. The maximum Gasteiger partial charge on any atom is 0.146 e. The molecule has 0 aliphatic heterocycles. The normalized spacial score (nSPS) is 24.3. The van der Waals surface area contributed by atoms with Gasteiger partial charge in [-0.15, -0.1) is 0 Å². The van der Waals surface area contributed by atoms with Crippen LogP contribution in [0, 0.1) is 5.41 Å². The zero-order chi connectivity index (χ0) is 20.3. The quantitative estimate of drug-likeness (QED) is 0.334. The molecule has 3 aromatic heterocycles. The van der Waals surface area contributed by atoms with Gasteiger partial charge in [0.1, 0.15) is 11.5 Å². The largest absolute Gasteiger partial charge is 0.347 e. The summed E-state index contributed by atoms with van der Waals surface area (Å²) in [6.45, 7) is 7.40. The SMILES string of the molecule is CC12CCC(c3c1c[nH]c3-n1c3ccc4ccccc4c3c3cccnc31)C2(C)C. The Labute approximate surface area is 175 Å². The molecule has 1 fully saturated rings. The Morgan fingerprint density at radius 1 is 1.00 bits per heavy atom. The van der Waals surface area contributed by atoms with Crippen LogP contribution in [-0.4, -0.2) is 14.5 Å². The third-order valence-corrected chi connectivity index (χ3v) is 8.71. The number of hydrogen-bond acceptors (Lipinski definition) is 1. The number of benzene rings is 2.